The Balaban J connectivity index is 1.77. The molecule has 0 aromatic heterocycles. The molecule has 0 spiro atoms. The highest BCUT2D eigenvalue weighted by molar-refractivity contribution is 8.15. The largest absolute Gasteiger partial charge is 0.325 e. The van der Waals surface area contributed by atoms with E-state index in [1.54, 1.807) is 31.3 Å². The van der Waals surface area contributed by atoms with Gasteiger partial charge >= 0.3 is 0 Å². The number of hydrogen-bond donors (Lipinski definition) is 1. The zero-order valence-corrected chi connectivity index (χ0v) is 15.1. The molecule has 1 saturated heterocycles. The molecular formula is C18H16ClN3O2S. The zero-order chi connectivity index (χ0) is 17.8. The number of rotatable bonds is 3. The van der Waals surface area contributed by atoms with Crippen molar-refractivity contribution in [3.05, 3.63) is 59.6 Å². The second-order valence-corrected chi connectivity index (χ2v) is 7.10. The second-order valence-electron chi connectivity index (χ2n) is 5.49. The van der Waals surface area contributed by atoms with Gasteiger partial charge in [0.2, 0.25) is 11.8 Å². The van der Waals surface area contributed by atoms with Crippen molar-refractivity contribution < 1.29 is 9.59 Å². The van der Waals surface area contributed by atoms with Crippen LogP contribution in [-0.2, 0) is 9.59 Å². The van der Waals surface area contributed by atoms with Gasteiger partial charge in [-0.1, -0.05) is 47.6 Å². The van der Waals surface area contributed by atoms with Crippen LogP contribution in [-0.4, -0.2) is 34.2 Å². The van der Waals surface area contributed by atoms with Crippen molar-refractivity contribution in [3.8, 4) is 0 Å². The molecular weight excluding hydrogens is 358 g/mol. The number of thioether (sulfide) groups is 1. The molecule has 25 heavy (non-hydrogen) atoms. The van der Waals surface area contributed by atoms with Gasteiger partial charge in [-0.15, -0.1) is 0 Å². The summed E-state index contributed by atoms with van der Waals surface area (Å²) in [6, 6.07) is 16.2. The van der Waals surface area contributed by atoms with E-state index >= 15 is 0 Å². The third kappa shape index (κ3) is 4.41. The van der Waals surface area contributed by atoms with Gasteiger partial charge in [0.25, 0.3) is 0 Å². The Kier molecular flexibility index (Phi) is 5.40. The van der Waals surface area contributed by atoms with Crippen molar-refractivity contribution in [2.45, 2.75) is 11.7 Å². The molecule has 2 amide bonds. The Labute approximate surface area is 155 Å². The van der Waals surface area contributed by atoms with Gasteiger partial charge in [-0.2, -0.15) is 0 Å². The molecule has 0 radical (unpaired) electrons. The van der Waals surface area contributed by atoms with Gasteiger partial charge in [0.05, 0.1) is 5.69 Å². The fraction of sp³-hybridized carbons (Fsp3) is 0.167. The first-order valence-corrected chi connectivity index (χ1v) is 8.92. The van der Waals surface area contributed by atoms with E-state index < -0.39 is 5.25 Å². The van der Waals surface area contributed by atoms with Crippen molar-refractivity contribution in [2.24, 2.45) is 4.99 Å². The summed E-state index contributed by atoms with van der Waals surface area (Å²) in [4.78, 5) is 30.7. The Morgan fingerprint density at radius 2 is 2.00 bits per heavy atom. The van der Waals surface area contributed by atoms with Crippen molar-refractivity contribution >= 4 is 51.7 Å². The number of benzene rings is 2. The van der Waals surface area contributed by atoms with Crippen LogP contribution in [0.1, 0.15) is 6.42 Å². The quantitative estimate of drug-likeness (QED) is 0.886. The van der Waals surface area contributed by atoms with E-state index in [2.05, 4.69) is 10.3 Å². The first-order valence-electron chi connectivity index (χ1n) is 7.66. The van der Waals surface area contributed by atoms with Crippen LogP contribution in [0.25, 0.3) is 0 Å². The van der Waals surface area contributed by atoms with E-state index in [9.17, 15) is 9.59 Å². The van der Waals surface area contributed by atoms with Crippen LogP contribution in [0.3, 0.4) is 0 Å². The summed E-state index contributed by atoms with van der Waals surface area (Å²) in [5.41, 5.74) is 1.34. The van der Waals surface area contributed by atoms with Gasteiger partial charge in [0.15, 0.2) is 5.17 Å². The van der Waals surface area contributed by atoms with Crippen molar-refractivity contribution in [3.63, 3.8) is 0 Å². The lowest BCUT2D eigenvalue weighted by atomic mass is 10.2. The summed E-state index contributed by atoms with van der Waals surface area (Å²) in [7, 11) is 1.67. The maximum atomic E-state index is 12.5. The molecule has 1 heterocycles. The number of para-hydroxylation sites is 1. The van der Waals surface area contributed by atoms with Crippen LogP contribution < -0.4 is 5.32 Å². The fourth-order valence-electron chi connectivity index (χ4n) is 2.30. The van der Waals surface area contributed by atoms with Gasteiger partial charge in [-0.3, -0.25) is 14.5 Å². The lowest BCUT2D eigenvalue weighted by molar-refractivity contribution is -0.128. The van der Waals surface area contributed by atoms with Crippen molar-refractivity contribution in [1.29, 1.82) is 0 Å². The molecule has 2 aromatic carbocycles. The second kappa shape index (κ2) is 7.72. The molecule has 1 N–H and O–H groups in total. The van der Waals surface area contributed by atoms with E-state index in [0.717, 1.165) is 5.69 Å². The first kappa shape index (κ1) is 17.5. The summed E-state index contributed by atoms with van der Waals surface area (Å²) in [6.07, 6.45) is 0.126. The van der Waals surface area contributed by atoms with Crippen molar-refractivity contribution in [2.75, 3.05) is 12.4 Å². The summed E-state index contributed by atoms with van der Waals surface area (Å²) in [5, 5.41) is 3.31. The maximum absolute atomic E-state index is 12.5. The topological polar surface area (TPSA) is 61.8 Å². The molecule has 1 aliphatic rings. The van der Waals surface area contributed by atoms with E-state index in [1.807, 2.05) is 30.3 Å². The first-order chi connectivity index (χ1) is 12.0. The number of carbonyl (C=O) groups is 2. The predicted octanol–water partition coefficient (Wildman–Crippen LogP) is 3.93. The fourth-order valence-corrected chi connectivity index (χ4v) is 3.55. The Morgan fingerprint density at radius 1 is 1.24 bits per heavy atom. The summed E-state index contributed by atoms with van der Waals surface area (Å²) < 4.78 is 0. The lowest BCUT2D eigenvalue weighted by Crippen LogP contribution is -2.43. The monoisotopic (exact) mass is 373 g/mol. The Bertz CT molecular complexity index is 826. The molecule has 7 heteroatoms. The van der Waals surface area contributed by atoms with E-state index in [0.29, 0.717) is 15.9 Å². The number of aliphatic imine (C=N–C) groups is 1. The molecule has 0 unspecified atom stereocenters. The number of anilines is 1. The lowest BCUT2D eigenvalue weighted by Gasteiger charge is -2.28. The Hall–Kier alpha value is -2.31. The minimum atomic E-state index is -0.537. The average molecular weight is 374 g/mol. The van der Waals surface area contributed by atoms with E-state index in [1.165, 1.54) is 16.7 Å². The summed E-state index contributed by atoms with van der Waals surface area (Å²) >= 11 is 7.21. The number of hydrogen-bond acceptors (Lipinski definition) is 4. The number of nitrogens with one attached hydrogen (secondary N) is 1. The molecule has 1 aliphatic heterocycles. The van der Waals surface area contributed by atoms with Crippen LogP contribution in [0.15, 0.2) is 59.6 Å². The molecule has 128 valence electrons. The Morgan fingerprint density at radius 3 is 2.72 bits per heavy atom. The van der Waals surface area contributed by atoms with Crippen LogP contribution in [0.4, 0.5) is 11.4 Å². The highest BCUT2D eigenvalue weighted by Gasteiger charge is 2.34. The van der Waals surface area contributed by atoms with Gasteiger partial charge in [-0.05, 0) is 30.3 Å². The number of amidine groups is 1. The van der Waals surface area contributed by atoms with Crippen LogP contribution in [0.2, 0.25) is 5.02 Å². The number of amides is 2. The average Bonchev–Trinajstić information content (AvgIpc) is 2.59. The molecule has 1 atom stereocenters. The summed E-state index contributed by atoms with van der Waals surface area (Å²) in [6.45, 7) is 0. The molecule has 0 saturated carbocycles. The van der Waals surface area contributed by atoms with Gasteiger partial charge in [0.1, 0.15) is 5.25 Å². The summed E-state index contributed by atoms with van der Waals surface area (Å²) in [5.74, 6) is -0.380. The van der Waals surface area contributed by atoms with Gasteiger partial charge in [-0.25, -0.2) is 4.99 Å². The third-order valence-electron chi connectivity index (χ3n) is 3.63. The predicted molar refractivity (Wildman–Crippen MR) is 102 cm³/mol. The van der Waals surface area contributed by atoms with Crippen LogP contribution in [0, 0.1) is 0 Å². The molecule has 3 rings (SSSR count). The van der Waals surface area contributed by atoms with Crippen LogP contribution >= 0.6 is 23.4 Å². The SMILES string of the molecule is CN1C(=O)C[C@@H](C(=O)Nc2cccc(Cl)c2)SC1=Nc1ccccc1. The maximum Gasteiger partial charge on any atom is 0.238 e. The van der Waals surface area contributed by atoms with Crippen LogP contribution in [0.5, 0.6) is 0 Å². The van der Waals surface area contributed by atoms with Gasteiger partial charge < -0.3 is 5.32 Å². The molecule has 5 nitrogen and oxygen atoms in total. The number of carbonyl (C=O) groups excluding carboxylic acids is 2. The zero-order valence-electron chi connectivity index (χ0n) is 13.5. The molecule has 0 aliphatic carbocycles. The molecule has 1 fully saturated rings. The minimum Gasteiger partial charge on any atom is -0.325 e. The van der Waals surface area contributed by atoms with Crippen molar-refractivity contribution in [1.82, 2.24) is 4.90 Å². The molecule has 0 bridgehead atoms. The highest BCUT2D eigenvalue weighted by atomic mass is 35.5. The third-order valence-corrected chi connectivity index (χ3v) is 5.11. The number of nitrogens with zero attached hydrogens (tertiary/aromatic N) is 2. The highest BCUT2D eigenvalue weighted by Crippen LogP contribution is 2.29. The van der Waals surface area contributed by atoms with E-state index in [4.69, 9.17) is 11.6 Å². The normalized spacial score (nSPS) is 19.1. The molecule has 2 aromatic rings. The smallest absolute Gasteiger partial charge is 0.238 e. The van der Waals surface area contributed by atoms with Gasteiger partial charge in [0, 0.05) is 24.2 Å². The minimum absolute atomic E-state index is 0.126. The van der Waals surface area contributed by atoms with E-state index in [-0.39, 0.29) is 18.2 Å². The number of halogens is 1. The standard InChI is InChI=1S/C18H16ClN3O2S/c1-22-16(23)11-15(17(24)20-14-9-5-6-12(19)10-14)25-18(22)21-13-7-3-2-4-8-13/h2-10,15H,11H2,1H3,(H,20,24)/t15-/m0/s1.